The quantitative estimate of drug-likeness (QED) is 0.0935. The third-order valence-electron chi connectivity index (χ3n) is 11.0. The van der Waals surface area contributed by atoms with Gasteiger partial charge in [-0.15, -0.1) is 0 Å². The summed E-state index contributed by atoms with van der Waals surface area (Å²) in [4.78, 5) is 71.2. The number of methoxy groups -OCH3 is 2. The van der Waals surface area contributed by atoms with Crippen molar-refractivity contribution in [2.45, 2.75) is 71.6 Å². The van der Waals surface area contributed by atoms with Crippen molar-refractivity contribution in [2.75, 3.05) is 27.3 Å². The van der Waals surface area contributed by atoms with Crippen molar-refractivity contribution in [3.63, 3.8) is 0 Å². The fourth-order valence-corrected chi connectivity index (χ4v) is 7.83. The maximum Gasteiger partial charge on any atom is 0.407 e. The van der Waals surface area contributed by atoms with Gasteiger partial charge in [-0.05, 0) is 78.8 Å². The third kappa shape index (κ3) is 8.65. The van der Waals surface area contributed by atoms with E-state index in [-0.39, 0.29) is 29.7 Å². The molecule has 5 aromatic rings. The van der Waals surface area contributed by atoms with Crippen LogP contribution in [0, 0.1) is 23.7 Å². The van der Waals surface area contributed by atoms with Gasteiger partial charge in [-0.1, -0.05) is 69.4 Å². The van der Waals surface area contributed by atoms with Crippen LogP contribution in [-0.2, 0) is 19.1 Å². The Bertz CT molecular complexity index is 2510. The van der Waals surface area contributed by atoms with Gasteiger partial charge in [0, 0.05) is 29.8 Å². The molecule has 1 unspecified atom stereocenters. The van der Waals surface area contributed by atoms with E-state index in [4.69, 9.17) is 19.4 Å². The van der Waals surface area contributed by atoms with Gasteiger partial charge in [-0.3, -0.25) is 9.59 Å². The fraction of sp³-hybridized carbons (Fsp3) is 0.378. The number of aromatic amines is 2. The van der Waals surface area contributed by atoms with E-state index in [1.54, 1.807) is 16.0 Å². The number of hydrogen-bond donors (Lipinski definition) is 4. The molecule has 4 amide bonds. The van der Waals surface area contributed by atoms with Crippen LogP contribution in [0.2, 0.25) is 0 Å². The summed E-state index contributed by atoms with van der Waals surface area (Å²) in [5.41, 5.74) is 6.11. The van der Waals surface area contributed by atoms with Gasteiger partial charge in [0.25, 0.3) is 0 Å². The Morgan fingerprint density at radius 1 is 0.797 bits per heavy atom. The molecule has 1 saturated heterocycles. The normalized spacial score (nSPS) is 17.5. The van der Waals surface area contributed by atoms with Gasteiger partial charge in [-0.25, -0.2) is 19.6 Å². The van der Waals surface area contributed by atoms with Crippen LogP contribution >= 0.6 is 0 Å². The summed E-state index contributed by atoms with van der Waals surface area (Å²) in [5, 5.41) is 7.47. The molecule has 4 atom stereocenters. The van der Waals surface area contributed by atoms with Crippen LogP contribution in [0.5, 0.6) is 0 Å². The molecule has 3 aromatic carbocycles. The second-order valence-electron chi connectivity index (χ2n) is 15.9. The average Bonchev–Trinajstić information content (AvgIpc) is 4.06. The second kappa shape index (κ2) is 17.1. The van der Waals surface area contributed by atoms with Gasteiger partial charge in [0.05, 0.1) is 43.2 Å². The van der Waals surface area contributed by atoms with Crippen LogP contribution < -0.4 is 10.6 Å². The van der Waals surface area contributed by atoms with Crippen molar-refractivity contribution < 1.29 is 28.7 Å². The van der Waals surface area contributed by atoms with Gasteiger partial charge >= 0.3 is 12.2 Å². The molecular formula is C45H50N8O6. The summed E-state index contributed by atoms with van der Waals surface area (Å²) in [6, 6.07) is 16.1. The standard InChI is InChI=1S/C45H50N8O6/c1-25(2)38(50-44(56)58-6)42(54)52-18-8-9-36(52)40-46-23-35(49-40)32-16-15-30-20-28(12-14-31(30)22-32)10-11-29-13-17-33-34(21-29)48-41(47-33)37-19-27(5)24-53(37)43(55)39(26(3)4)51-45(57)59-7/h12-17,19-23,25-26,36-39H,8-9,18,24H2,1-7H3,(H,46,49)(H,47,48)(H,50,56)(H,51,57)/t36-,37?,38-,39-/m0/s1. The minimum absolute atomic E-state index is 0.111. The topological polar surface area (TPSA) is 175 Å². The highest BCUT2D eigenvalue weighted by atomic mass is 16.5. The Labute approximate surface area is 343 Å². The van der Waals surface area contributed by atoms with E-state index in [9.17, 15) is 19.2 Å². The summed E-state index contributed by atoms with van der Waals surface area (Å²) < 4.78 is 9.53. The number of aromatic nitrogens is 4. The first kappa shape index (κ1) is 40.6. The molecule has 0 spiro atoms. The van der Waals surface area contributed by atoms with Crippen molar-refractivity contribution in [1.29, 1.82) is 0 Å². The Morgan fingerprint density at radius 3 is 2.10 bits per heavy atom. The minimum atomic E-state index is -0.742. The molecule has 2 aromatic heterocycles. The molecule has 59 heavy (non-hydrogen) atoms. The summed E-state index contributed by atoms with van der Waals surface area (Å²) in [5.74, 6) is 7.34. The molecule has 4 N–H and O–H groups in total. The zero-order valence-electron chi connectivity index (χ0n) is 34.4. The van der Waals surface area contributed by atoms with Crippen molar-refractivity contribution in [2.24, 2.45) is 11.8 Å². The lowest BCUT2D eigenvalue weighted by molar-refractivity contribution is -0.136. The van der Waals surface area contributed by atoms with Crippen molar-refractivity contribution in [3.05, 3.63) is 95.2 Å². The number of amides is 4. The number of H-pyrrole nitrogens is 2. The van der Waals surface area contributed by atoms with E-state index in [1.165, 1.54) is 14.2 Å². The maximum atomic E-state index is 13.7. The molecular weight excluding hydrogens is 749 g/mol. The number of hydrogen-bond acceptors (Lipinski definition) is 8. The zero-order chi connectivity index (χ0) is 42.0. The highest BCUT2D eigenvalue weighted by Crippen LogP contribution is 2.34. The minimum Gasteiger partial charge on any atom is -0.453 e. The van der Waals surface area contributed by atoms with Crippen LogP contribution in [0.15, 0.2) is 72.4 Å². The van der Waals surface area contributed by atoms with Crippen molar-refractivity contribution in [3.8, 4) is 23.1 Å². The Balaban J connectivity index is 1.05. The molecule has 7 rings (SSSR count). The van der Waals surface area contributed by atoms with Crippen LogP contribution in [0.3, 0.4) is 0 Å². The summed E-state index contributed by atoms with van der Waals surface area (Å²) >= 11 is 0. The van der Waals surface area contributed by atoms with Gasteiger partial charge in [-0.2, -0.15) is 0 Å². The predicted molar refractivity (Wildman–Crippen MR) is 224 cm³/mol. The van der Waals surface area contributed by atoms with Gasteiger partial charge in [0.2, 0.25) is 11.8 Å². The smallest absolute Gasteiger partial charge is 0.407 e. The molecule has 14 heteroatoms. The fourth-order valence-electron chi connectivity index (χ4n) is 7.83. The molecule has 2 aliphatic heterocycles. The number of rotatable bonds is 9. The van der Waals surface area contributed by atoms with E-state index in [0.717, 1.165) is 62.6 Å². The number of likely N-dealkylation sites (tertiary alicyclic amines) is 1. The number of benzene rings is 3. The van der Waals surface area contributed by atoms with E-state index in [2.05, 4.69) is 56.7 Å². The largest absolute Gasteiger partial charge is 0.453 e. The van der Waals surface area contributed by atoms with Crippen molar-refractivity contribution in [1.82, 2.24) is 40.4 Å². The number of carbonyl (C=O) groups excluding carboxylic acids is 4. The van der Waals surface area contributed by atoms with Crippen molar-refractivity contribution >= 4 is 45.8 Å². The number of imidazole rings is 2. The first-order valence-electron chi connectivity index (χ1n) is 19.9. The monoisotopic (exact) mass is 798 g/mol. The predicted octanol–water partition coefficient (Wildman–Crippen LogP) is 6.76. The second-order valence-corrected chi connectivity index (χ2v) is 15.9. The Kier molecular flexibility index (Phi) is 11.7. The third-order valence-corrected chi connectivity index (χ3v) is 11.0. The number of nitrogens with zero attached hydrogens (tertiary/aromatic N) is 4. The molecule has 1 fully saturated rings. The van der Waals surface area contributed by atoms with Gasteiger partial charge in [0.1, 0.15) is 29.8 Å². The molecule has 14 nitrogen and oxygen atoms in total. The van der Waals surface area contributed by atoms with Crippen LogP contribution in [-0.4, -0.2) is 93.1 Å². The van der Waals surface area contributed by atoms with E-state index in [0.29, 0.717) is 24.7 Å². The first-order chi connectivity index (χ1) is 28.3. The van der Waals surface area contributed by atoms with Gasteiger partial charge in [0.15, 0.2) is 0 Å². The lowest BCUT2D eigenvalue weighted by atomic mass is 10.0. The average molecular weight is 799 g/mol. The highest BCUT2D eigenvalue weighted by molar-refractivity contribution is 5.89. The summed E-state index contributed by atoms with van der Waals surface area (Å²) in [6.07, 6.45) is 4.16. The first-order valence-corrected chi connectivity index (χ1v) is 19.9. The van der Waals surface area contributed by atoms with Crippen LogP contribution in [0.1, 0.15) is 82.3 Å². The number of alkyl carbamates (subject to hydrolysis) is 2. The molecule has 0 bridgehead atoms. The lowest BCUT2D eigenvalue weighted by Gasteiger charge is -2.30. The number of fused-ring (bicyclic) bond motifs is 2. The highest BCUT2D eigenvalue weighted by Gasteiger charge is 2.38. The SMILES string of the molecule is COC(=O)N[C@H](C(=O)N1CC(C)=CC1c1nc2ccc(C#Cc3ccc4cc(-c5cnc([C@@H]6CCCN6C(=O)[C@@H](NC(=O)OC)C(C)C)[nH]5)ccc4c3)cc2[nH]1)C(C)C. The van der Waals surface area contributed by atoms with Crippen LogP contribution in [0.25, 0.3) is 33.1 Å². The van der Waals surface area contributed by atoms with E-state index < -0.39 is 30.3 Å². The molecule has 4 heterocycles. The van der Waals surface area contributed by atoms with E-state index >= 15 is 0 Å². The summed E-state index contributed by atoms with van der Waals surface area (Å²) in [6.45, 7) is 10.6. The maximum absolute atomic E-state index is 13.7. The number of nitrogens with one attached hydrogen (secondary N) is 4. The molecule has 2 aliphatic rings. The van der Waals surface area contributed by atoms with Gasteiger partial charge < -0.3 is 39.9 Å². The number of carbonyl (C=O) groups is 4. The molecule has 0 saturated carbocycles. The summed E-state index contributed by atoms with van der Waals surface area (Å²) in [7, 11) is 2.57. The Morgan fingerprint density at radius 2 is 1.42 bits per heavy atom. The number of ether oxygens (including phenoxy) is 2. The van der Waals surface area contributed by atoms with Crippen LogP contribution in [0.4, 0.5) is 9.59 Å². The molecule has 306 valence electrons. The van der Waals surface area contributed by atoms with E-state index in [1.807, 2.05) is 71.0 Å². The molecule has 0 radical (unpaired) electrons. The lowest BCUT2D eigenvalue weighted by Crippen LogP contribution is -2.51. The zero-order valence-corrected chi connectivity index (χ0v) is 34.4. The Hall–Kier alpha value is -6.62. The molecule has 0 aliphatic carbocycles.